The van der Waals surface area contributed by atoms with E-state index in [1.165, 1.54) is 17.7 Å². The molecule has 5 heteroatoms. The molecule has 1 atom stereocenters. The Labute approximate surface area is 122 Å². The van der Waals surface area contributed by atoms with Crippen LogP contribution in [0.15, 0.2) is 34.3 Å². The third kappa shape index (κ3) is 3.03. The summed E-state index contributed by atoms with van der Waals surface area (Å²) in [5, 5.41) is 2.77. The highest BCUT2D eigenvalue weighted by Gasteiger charge is 2.35. The lowest BCUT2D eigenvalue weighted by molar-refractivity contribution is 0.170. The molecule has 3 rings (SSSR count). The third-order valence-corrected chi connectivity index (χ3v) is 4.86. The second-order valence-corrected chi connectivity index (χ2v) is 6.28. The summed E-state index contributed by atoms with van der Waals surface area (Å²) >= 11 is 7.72. The Balaban J connectivity index is 1.81. The first-order chi connectivity index (χ1) is 9.28. The Bertz CT molecular complexity index is 521. The fourth-order valence-electron chi connectivity index (χ4n) is 2.40. The minimum Gasteiger partial charge on any atom is -0.468 e. The van der Waals surface area contributed by atoms with Crippen molar-refractivity contribution in [2.75, 3.05) is 6.54 Å². The SMILES string of the molecule is NCC(c1cc(Cl)cs1)N(Cc1ccco1)C1CC1. The molecule has 102 valence electrons. The van der Waals surface area contributed by atoms with E-state index < -0.39 is 0 Å². The van der Waals surface area contributed by atoms with Crippen molar-refractivity contribution >= 4 is 22.9 Å². The van der Waals surface area contributed by atoms with Crippen molar-refractivity contribution in [2.24, 2.45) is 5.73 Å². The quantitative estimate of drug-likeness (QED) is 0.884. The molecule has 0 bridgehead atoms. The van der Waals surface area contributed by atoms with E-state index in [2.05, 4.69) is 4.90 Å². The average molecular weight is 297 g/mol. The first kappa shape index (κ1) is 13.2. The van der Waals surface area contributed by atoms with Gasteiger partial charge >= 0.3 is 0 Å². The van der Waals surface area contributed by atoms with Crippen LogP contribution in [-0.4, -0.2) is 17.5 Å². The molecule has 1 unspecified atom stereocenters. The molecule has 1 aliphatic rings. The molecule has 0 radical (unpaired) electrons. The Morgan fingerprint density at radius 1 is 1.53 bits per heavy atom. The second-order valence-electron chi connectivity index (χ2n) is 4.90. The zero-order valence-electron chi connectivity index (χ0n) is 10.6. The van der Waals surface area contributed by atoms with Crippen LogP contribution in [0.2, 0.25) is 5.02 Å². The van der Waals surface area contributed by atoms with Gasteiger partial charge in [-0.1, -0.05) is 11.6 Å². The van der Waals surface area contributed by atoms with Crippen LogP contribution in [0.3, 0.4) is 0 Å². The number of halogens is 1. The second kappa shape index (κ2) is 5.67. The van der Waals surface area contributed by atoms with Crippen LogP contribution in [0.5, 0.6) is 0 Å². The van der Waals surface area contributed by atoms with Crippen LogP contribution in [0.1, 0.15) is 29.5 Å². The summed E-state index contributed by atoms with van der Waals surface area (Å²) in [7, 11) is 0. The van der Waals surface area contributed by atoms with Crippen LogP contribution in [-0.2, 0) is 6.54 Å². The third-order valence-electron chi connectivity index (χ3n) is 3.47. The molecule has 2 heterocycles. The normalized spacial score (nSPS) is 17.0. The van der Waals surface area contributed by atoms with E-state index in [4.69, 9.17) is 21.8 Å². The van der Waals surface area contributed by atoms with Gasteiger partial charge in [0.1, 0.15) is 5.76 Å². The molecule has 2 aromatic rings. The fourth-order valence-corrected chi connectivity index (χ4v) is 3.62. The zero-order chi connectivity index (χ0) is 13.2. The highest BCUT2D eigenvalue weighted by Crippen LogP contribution is 2.37. The van der Waals surface area contributed by atoms with E-state index in [0.29, 0.717) is 12.6 Å². The van der Waals surface area contributed by atoms with Gasteiger partial charge in [0.25, 0.3) is 0 Å². The van der Waals surface area contributed by atoms with Gasteiger partial charge < -0.3 is 10.2 Å². The zero-order valence-corrected chi connectivity index (χ0v) is 12.2. The van der Waals surface area contributed by atoms with Gasteiger partial charge in [0.2, 0.25) is 0 Å². The van der Waals surface area contributed by atoms with Crippen LogP contribution < -0.4 is 5.73 Å². The lowest BCUT2D eigenvalue weighted by Crippen LogP contribution is -2.34. The minimum atomic E-state index is 0.232. The van der Waals surface area contributed by atoms with Crippen LogP contribution in [0.25, 0.3) is 0 Å². The van der Waals surface area contributed by atoms with Gasteiger partial charge in [-0.2, -0.15) is 0 Å². The average Bonchev–Trinajstić information content (AvgIpc) is 2.95. The van der Waals surface area contributed by atoms with E-state index in [-0.39, 0.29) is 6.04 Å². The van der Waals surface area contributed by atoms with Gasteiger partial charge in [-0.05, 0) is 31.0 Å². The summed E-state index contributed by atoms with van der Waals surface area (Å²) in [5.74, 6) is 0.994. The summed E-state index contributed by atoms with van der Waals surface area (Å²) < 4.78 is 5.47. The van der Waals surface area contributed by atoms with E-state index >= 15 is 0 Å². The van der Waals surface area contributed by atoms with Gasteiger partial charge in [0, 0.05) is 22.8 Å². The van der Waals surface area contributed by atoms with E-state index in [1.807, 2.05) is 23.6 Å². The monoisotopic (exact) mass is 296 g/mol. The molecule has 0 saturated heterocycles. The van der Waals surface area contributed by atoms with Gasteiger partial charge in [-0.15, -0.1) is 11.3 Å². The largest absolute Gasteiger partial charge is 0.468 e. The van der Waals surface area contributed by atoms with Crippen molar-refractivity contribution in [3.05, 3.63) is 45.5 Å². The molecule has 0 spiro atoms. The Morgan fingerprint density at radius 2 is 2.37 bits per heavy atom. The number of nitrogens with zero attached hydrogens (tertiary/aromatic N) is 1. The summed E-state index contributed by atoms with van der Waals surface area (Å²) in [6.07, 6.45) is 4.21. The summed E-state index contributed by atoms with van der Waals surface area (Å²) in [4.78, 5) is 3.69. The molecule has 1 fully saturated rings. The molecule has 3 nitrogen and oxygen atoms in total. The Hall–Kier alpha value is -0.810. The maximum Gasteiger partial charge on any atom is 0.117 e. The lowest BCUT2D eigenvalue weighted by Gasteiger charge is -2.29. The predicted octanol–water partition coefficient (Wildman–Crippen LogP) is 3.66. The molecular weight excluding hydrogens is 280 g/mol. The Morgan fingerprint density at radius 3 is 2.89 bits per heavy atom. The molecule has 2 aromatic heterocycles. The number of nitrogens with two attached hydrogens (primary N) is 1. The summed E-state index contributed by atoms with van der Waals surface area (Å²) in [6.45, 7) is 1.42. The highest BCUT2D eigenvalue weighted by molar-refractivity contribution is 7.10. The van der Waals surface area contributed by atoms with Gasteiger partial charge in [0.05, 0.1) is 23.9 Å². The Kier molecular flexibility index (Phi) is 3.93. The van der Waals surface area contributed by atoms with Crippen LogP contribution in [0.4, 0.5) is 0 Å². The number of hydrogen-bond acceptors (Lipinski definition) is 4. The molecule has 1 saturated carbocycles. The lowest BCUT2D eigenvalue weighted by atomic mass is 10.2. The van der Waals surface area contributed by atoms with Gasteiger partial charge in [-0.3, -0.25) is 4.90 Å². The van der Waals surface area contributed by atoms with E-state index in [9.17, 15) is 0 Å². The predicted molar refractivity (Wildman–Crippen MR) is 78.4 cm³/mol. The molecule has 0 aromatic carbocycles. The van der Waals surface area contributed by atoms with Crippen LogP contribution in [0, 0.1) is 0 Å². The number of thiophene rings is 1. The molecule has 0 amide bonds. The maximum absolute atomic E-state index is 6.04. The van der Waals surface area contributed by atoms with E-state index in [1.54, 1.807) is 17.6 Å². The van der Waals surface area contributed by atoms with Crippen molar-refractivity contribution in [1.82, 2.24) is 4.90 Å². The van der Waals surface area contributed by atoms with Crippen molar-refractivity contribution in [3.8, 4) is 0 Å². The van der Waals surface area contributed by atoms with Crippen molar-refractivity contribution < 1.29 is 4.42 Å². The highest BCUT2D eigenvalue weighted by atomic mass is 35.5. The maximum atomic E-state index is 6.04. The smallest absolute Gasteiger partial charge is 0.117 e. The molecule has 19 heavy (non-hydrogen) atoms. The fraction of sp³-hybridized carbons (Fsp3) is 0.429. The van der Waals surface area contributed by atoms with Crippen molar-refractivity contribution in [1.29, 1.82) is 0 Å². The summed E-state index contributed by atoms with van der Waals surface area (Å²) in [6, 6.07) is 6.83. The summed E-state index contributed by atoms with van der Waals surface area (Å²) in [5.41, 5.74) is 6.00. The first-order valence-corrected chi connectivity index (χ1v) is 7.76. The topological polar surface area (TPSA) is 42.4 Å². The standard InChI is InChI=1S/C14H17ClN2OS/c15-10-6-14(19-9-10)13(7-16)17(11-3-4-11)8-12-2-1-5-18-12/h1-2,5-6,9,11,13H,3-4,7-8,16H2. The molecule has 2 N–H and O–H groups in total. The van der Waals surface area contributed by atoms with Gasteiger partial charge in [-0.25, -0.2) is 0 Å². The number of hydrogen-bond donors (Lipinski definition) is 1. The number of furan rings is 1. The first-order valence-electron chi connectivity index (χ1n) is 6.50. The minimum absolute atomic E-state index is 0.232. The van der Waals surface area contributed by atoms with Crippen molar-refractivity contribution in [2.45, 2.75) is 31.5 Å². The van der Waals surface area contributed by atoms with Crippen LogP contribution >= 0.6 is 22.9 Å². The molecule has 0 aliphatic heterocycles. The van der Waals surface area contributed by atoms with Crippen molar-refractivity contribution in [3.63, 3.8) is 0 Å². The molecular formula is C14H17ClN2OS. The number of rotatable bonds is 6. The molecule has 1 aliphatic carbocycles. The van der Waals surface area contributed by atoms with E-state index in [0.717, 1.165) is 17.3 Å². The van der Waals surface area contributed by atoms with Gasteiger partial charge in [0.15, 0.2) is 0 Å².